The smallest absolute Gasteiger partial charge is 0.137 e. The summed E-state index contributed by atoms with van der Waals surface area (Å²) in [5, 5.41) is 0. The van der Waals surface area contributed by atoms with E-state index in [4.69, 9.17) is 4.98 Å². The van der Waals surface area contributed by atoms with E-state index >= 15 is 0 Å². The maximum Gasteiger partial charge on any atom is 0.137 e. The van der Waals surface area contributed by atoms with Crippen LogP contribution in [0.25, 0.3) is 11.4 Å². The number of nitrogens with zero attached hydrogens (tertiary/aromatic N) is 3. The number of hydrogen-bond donors (Lipinski definition) is 1. The topological polar surface area (TPSA) is 35.2 Å². The van der Waals surface area contributed by atoms with Gasteiger partial charge in [-0.25, -0.2) is 4.98 Å². The minimum Gasteiger partial charge on any atom is -0.342 e. The third kappa shape index (κ3) is 4.70. The number of rotatable bonds is 7. The van der Waals surface area contributed by atoms with Crippen LogP contribution in [0.15, 0.2) is 91.0 Å². The van der Waals surface area contributed by atoms with E-state index in [2.05, 4.69) is 114 Å². The first kappa shape index (κ1) is 22.6. The Kier molecular flexibility index (Phi) is 6.89. The summed E-state index contributed by atoms with van der Waals surface area (Å²) < 4.78 is 0. The van der Waals surface area contributed by atoms with Gasteiger partial charge in [-0.15, -0.1) is 0 Å². The highest BCUT2D eigenvalue weighted by atomic mass is 15.3. The molecule has 0 radical (unpaired) electrons. The van der Waals surface area contributed by atoms with Gasteiger partial charge in [-0.2, -0.15) is 0 Å². The van der Waals surface area contributed by atoms with Crippen LogP contribution in [-0.4, -0.2) is 45.9 Å². The summed E-state index contributed by atoms with van der Waals surface area (Å²) in [7, 11) is 0. The van der Waals surface area contributed by atoms with Crippen molar-refractivity contribution in [1.82, 2.24) is 19.8 Å². The summed E-state index contributed by atoms with van der Waals surface area (Å²) in [5.41, 5.74) is 6.25. The lowest BCUT2D eigenvalue weighted by molar-refractivity contribution is 0.0753. The molecule has 1 fully saturated rings. The van der Waals surface area contributed by atoms with Gasteiger partial charge in [0, 0.05) is 37.4 Å². The standard InChI is InChI=1S/C30H34N4/c1-3-27(28-23(2)31-30(32-28)26-17-11-6-12-18-26)33-19-21-34(22-20-33)29(24-13-7-4-8-14-24)25-15-9-5-10-16-25/h4-18,27,29H,3,19-22H2,1-2H3,(H,31,32). The first-order valence-corrected chi connectivity index (χ1v) is 12.4. The average molecular weight is 451 g/mol. The maximum absolute atomic E-state index is 5.06. The Labute approximate surface area is 203 Å². The molecule has 1 aliphatic heterocycles. The van der Waals surface area contributed by atoms with Crippen LogP contribution in [0.2, 0.25) is 0 Å². The third-order valence-electron chi connectivity index (χ3n) is 7.06. The van der Waals surface area contributed by atoms with Crippen LogP contribution in [0.5, 0.6) is 0 Å². The van der Waals surface area contributed by atoms with Gasteiger partial charge in [-0.1, -0.05) is 97.9 Å². The Balaban J connectivity index is 1.34. The van der Waals surface area contributed by atoms with E-state index in [0.717, 1.165) is 44.0 Å². The molecule has 4 nitrogen and oxygen atoms in total. The molecule has 1 aromatic heterocycles. The summed E-state index contributed by atoms with van der Waals surface area (Å²) >= 11 is 0. The summed E-state index contributed by atoms with van der Waals surface area (Å²) in [4.78, 5) is 13.9. The van der Waals surface area contributed by atoms with E-state index < -0.39 is 0 Å². The van der Waals surface area contributed by atoms with Crippen LogP contribution in [0.3, 0.4) is 0 Å². The van der Waals surface area contributed by atoms with E-state index in [1.807, 2.05) is 6.07 Å². The lowest BCUT2D eigenvalue weighted by Crippen LogP contribution is -2.49. The zero-order chi connectivity index (χ0) is 23.3. The molecule has 4 aromatic rings. The molecule has 2 heterocycles. The predicted octanol–water partition coefficient (Wildman–Crippen LogP) is 6.24. The van der Waals surface area contributed by atoms with Crippen molar-refractivity contribution in [3.8, 4) is 11.4 Å². The molecule has 1 atom stereocenters. The number of nitrogens with one attached hydrogen (secondary N) is 1. The number of aromatic amines is 1. The summed E-state index contributed by atoms with van der Waals surface area (Å²) in [6.07, 6.45) is 1.06. The Morgan fingerprint density at radius 1 is 0.735 bits per heavy atom. The van der Waals surface area contributed by atoms with Crippen molar-refractivity contribution in [3.05, 3.63) is 114 Å². The molecular weight excluding hydrogens is 416 g/mol. The van der Waals surface area contributed by atoms with E-state index in [9.17, 15) is 0 Å². The van der Waals surface area contributed by atoms with E-state index in [-0.39, 0.29) is 0 Å². The van der Waals surface area contributed by atoms with Gasteiger partial charge < -0.3 is 4.98 Å². The Hall–Kier alpha value is -3.21. The second-order valence-electron chi connectivity index (χ2n) is 9.18. The number of imidazole rings is 1. The molecule has 4 heteroatoms. The molecule has 1 saturated heterocycles. The quantitative estimate of drug-likeness (QED) is 0.362. The van der Waals surface area contributed by atoms with Crippen LogP contribution < -0.4 is 0 Å². The fourth-order valence-corrected chi connectivity index (χ4v) is 5.35. The highest BCUT2D eigenvalue weighted by Gasteiger charge is 2.31. The average Bonchev–Trinajstić information content (AvgIpc) is 3.29. The number of benzene rings is 3. The number of aryl methyl sites for hydroxylation is 1. The Bertz CT molecular complexity index is 1120. The molecule has 0 saturated carbocycles. The molecule has 0 aliphatic carbocycles. The molecule has 1 N–H and O–H groups in total. The van der Waals surface area contributed by atoms with Crippen molar-refractivity contribution in [3.63, 3.8) is 0 Å². The minimum absolute atomic E-state index is 0.293. The highest BCUT2D eigenvalue weighted by molar-refractivity contribution is 5.55. The van der Waals surface area contributed by atoms with Crippen LogP contribution in [-0.2, 0) is 0 Å². The summed E-state index contributed by atoms with van der Waals surface area (Å²) in [6.45, 7) is 8.61. The van der Waals surface area contributed by atoms with Crippen LogP contribution in [0.4, 0.5) is 0 Å². The van der Waals surface area contributed by atoms with E-state index in [1.165, 1.54) is 22.5 Å². The van der Waals surface area contributed by atoms with Gasteiger partial charge in [0.1, 0.15) is 5.82 Å². The molecule has 0 bridgehead atoms. The molecule has 0 spiro atoms. The fourth-order valence-electron chi connectivity index (χ4n) is 5.35. The molecule has 3 aromatic carbocycles. The lowest BCUT2D eigenvalue weighted by atomic mass is 9.96. The molecule has 174 valence electrons. The number of aromatic nitrogens is 2. The Morgan fingerprint density at radius 2 is 1.24 bits per heavy atom. The fraction of sp³-hybridized carbons (Fsp3) is 0.300. The van der Waals surface area contributed by atoms with Crippen LogP contribution in [0, 0.1) is 6.92 Å². The molecule has 34 heavy (non-hydrogen) atoms. The number of hydrogen-bond acceptors (Lipinski definition) is 3. The van der Waals surface area contributed by atoms with Crippen LogP contribution in [0.1, 0.15) is 47.9 Å². The largest absolute Gasteiger partial charge is 0.342 e. The molecule has 5 rings (SSSR count). The van der Waals surface area contributed by atoms with Gasteiger partial charge in [-0.3, -0.25) is 9.80 Å². The Morgan fingerprint density at radius 3 is 1.76 bits per heavy atom. The van der Waals surface area contributed by atoms with E-state index in [1.54, 1.807) is 0 Å². The monoisotopic (exact) mass is 450 g/mol. The van der Waals surface area contributed by atoms with Gasteiger partial charge in [0.2, 0.25) is 0 Å². The number of H-pyrrole nitrogens is 1. The van der Waals surface area contributed by atoms with Crippen LogP contribution >= 0.6 is 0 Å². The SMILES string of the molecule is CCC(c1nc(-c2ccccc2)[nH]c1C)N1CCN(C(c2ccccc2)c2ccccc2)CC1. The molecule has 0 amide bonds. The molecular formula is C30H34N4. The number of piperazine rings is 1. The van der Waals surface area contributed by atoms with Crippen molar-refractivity contribution >= 4 is 0 Å². The second-order valence-corrected chi connectivity index (χ2v) is 9.18. The normalized spacial score (nSPS) is 16.1. The first-order valence-electron chi connectivity index (χ1n) is 12.4. The van der Waals surface area contributed by atoms with Gasteiger partial charge in [-0.05, 0) is 24.5 Å². The van der Waals surface area contributed by atoms with Gasteiger partial charge in [0.05, 0.1) is 17.8 Å². The summed E-state index contributed by atoms with van der Waals surface area (Å²) in [5.74, 6) is 0.971. The first-order chi connectivity index (χ1) is 16.7. The third-order valence-corrected chi connectivity index (χ3v) is 7.06. The van der Waals surface area contributed by atoms with Crippen molar-refractivity contribution < 1.29 is 0 Å². The zero-order valence-electron chi connectivity index (χ0n) is 20.2. The zero-order valence-corrected chi connectivity index (χ0v) is 20.2. The summed E-state index contributed by atoms with van der Waals surface area (Å²) in [6, 6.07) is 32.9. The molecule has 1 aliphatic rings. The van der Waals surface area contributed by atoms with Gasteiger partial charge in [0.15, 0.2) is 0 Å². The minimum atomic E-state index is 0.293. The highest BCUT2D eigenvalue weighted by Crippen LogP contribution is 2.33. The molecule has 1 unspecified atom stereocenters. The maximum atomic E-state index is 5.06. The lowest BCUT2D eigenvalue weighted by Gasteiger charge is -2.42. The predicted molar refractivity (Wildman–Crippen MR) is 140 cm³/mol. The van der Waals surface area contributed by atoms with Crippen molar-refractivity contribution in [2.45, 2.75) is 32.4 Å². The van der Waals surface area contributed by atoms with Crippen molar-refractivity contribution in [2.75, 3.05) is 26.2 Å². The van der Waals surface area contributed by atoms with E-state index in [0.29, 0.717) is 12.1 Å². The van der Waals surface area contributed by atoms with Gasteiger partial charge >= 0.3 is 0 Å². The van der Waals surface area contributed by atoms with Crippen molar-refractivity contribution in [1.29, 1.82) is 0 Å². The van der Waals surface area contributed by atoms with Crippen molar-refractivity contribution in [2.24, 2.45) is 0 Å². The van der Waals surface area contributed by atoms with Gasteiger partial charge in [0.25, 0.3) is 0 Å². The second kappa shape index (κ2) is 10.4.